The Bertz CT molecular complexity index is 350. The lowest BCUT2D eigenvalue weighted by Crippen LogP contribution is -2.08. The molecule has 2 nitrogen and oxygen atoms in total. The molecule has 1 aromatic rings. The fraction of sp³-hybridized carbons (Fsp3) is 0.462. The van der Waals surface area contributed by atoms with Crippen molar-refractivity contribution in [3.63, 3.8) is 0 Å². The Morgan fingerprint density at radius 2 is 2.06 bits per heavy atom. The van der Waals surface area contributed by atoms with Crippen molar-refractivity contribution in [3.8, 4) is 0 Å². The summed E-state index contributed by atoms with van der Waals surface area (Å²) in [6.45, 7) is 0. The van der Waals surface area contributed by atoms with Crippen LogP contribution in [0.25, 0.3) is 0 Å². The van der Waals surface area contributed by atoms with Gasteiger partial charge in [0, 0.05) is 0 Å². The molecule has 0 N–H and O–H groups in total. The number of alkyl halides is 1. The Labute approximate surface area is 101 Å². The van der Waals surface area contributed by atoms with E-state index in [-0.39, 0.29) is 18.0 Å². The van der Waals surface area contributed by atoms with Gasteiger partial charge in [-0.25, -0.2) is 0 Å². The first-order valence-corrected chi connectivity index (χ1v) is 6.13. The molecule has 1 aromatic carbocycles. The molecule has 0 amide bonds. The van der Waals surface area contributed by atoms with Gasteiger partial charge in [0.1, 0.15) is 6.10 Å². The molecule has 0 saturated carbocycles. The Balaban J connectivity index is 1.85. The predicted molar refractivity (Wildman–Crippen MR) is 63.5 cm³/mol. The second-order valence-electron chi connectivity index (χ2n) is 4.17. The summed E-state index contributed by atoms with van der Waals surface area (Å²) in [7, 11) is 0. The third-order valence-electron chi connectivity index (χ3n) is 2.96. The topological polar surface area (TPSA) is 26.3 Å². The van der Waals surface area contributed by atoms with E-state index in [1.54, 1.807) is 0 Å². The van der Waals surface area contributed by atoms with Gasteiger partial charge < -0.3 is 4.74 Å². The van der Waals surface area contributed by atoms with Gasteiger partial charge in [-0.3, -0.25) is 4.79 Å². The minimum Gasteiger partial charge on any atom is -0.461 e. The van der Waals surface area contributed by atoms with Crippen LogP contribution in [0.3, 0.4) is 0 Å². The van der Waals surface area contributed by atoms with Crippen LogP contribution in [0.15, 0.2) is 30.3 Å². The first-order valence-electron chi connectivity index (χ1n) is 5.60. The fourth-order valence-corrected chi connectivity index (χ4v) is 2.23. The van der Waals surface area contributed by atoms with E-state index in [9.17, 15) is 4.79 Å². The van der Waals surface area contributed by atoms with E-state index in [1.807, 2.05) is 18.2 Å². The summed E-state index contributed by atoms with van der Waals surface area (Å²) in [4.78, 5) is 11.5. The molecule has 1 heterocycles. The van der Waals surface area contributed by atoms with Crippen molar-refractivity contribution in [3.05, 3.63) is 35.9 Å². The number of halogens is 1. The summed E-state index contributed by atoms with van der Waals surface area (Å²) in [5.74, 6) is 0.360. The fourth-order valence-electron chi connectivity index (χ4n) is 2.04. The van der Waals surface area contributed by atoms with Gasteiger partial charge in [0.15, 0.2) is 0 Å². The Morgan fingerprint density at radius 1 is 1.31 bits per heavy atom. The van der Waals surface area contributed by atoms with Crippen LogP contribution in [0.1, 0.15) is 18.4 Å². The minimum absolute atomic E-state index is 0.0314. The molecule has 0 aromatic heterocycles. The Hall–Kier alpha value is -1.02. The molecule has 1 aliphatic rings. The monoisotopic (exact) mass is 238 g/mol. The first-order chi connectivity index (χ1) is 7.79. The number of ether oxygens (including phenoxy) is 1. The SMILES string of the molecule is O=C1OC(CCl)CC1CCc1ccccc1. The smallest absolute Gasteiger partial charge is 0.309 e. The van der Waals surface area contributed by atoms with E-state index in [0.717, 1.165) is 19.3 Å². The van der Waals surface area contributed by atoms with Crippen LogP contribution >= 0.6 is 11.6 Å². The molecular formula is C13H15ClO2. The van der Waals surface area contributed by atoms with E-state index >= 15 is 0 Å². The summed E-state index contributed by atoms with van der Waals surface area (Å²) in [5, 5.41) is 0. The van der Waals surface area contributed by atoms with E-state index < -0.39 is 0 Å². The molecule has 0 bridgehead atoms. The van der Waals surface area contributed by atoms with Crippen molar-refractivity contribution in [2.45, 2.75) is 25.4 Å². The molecule has 3 heteroatoms. The first kappa shape index (κ1) is 11.5. The molecule has 2 atom stereocenters. The van der Waals surface area contributed by atoms with Crippen LogP contribution in [-0.2, 0) is 16.0 Å². The average Bonchev–Trinajstić information content (AvgIpc) is 2.69. The van der Waals surface area contributed by atoms with Gasteiger partial charge in [0.2, 0.25) is 0 Å². The molecule has 0 aliphatic carbocycles. The lowest BCUT2D eigenvalue weighted by atomic mass is 9.97. The predicted octanol–water partition coefficient (Wildman–Crippen LogP) is 2.79. The highest BCUT2D eigenvalue weighted by Gasteiger charge is 2.33. The van der Waals surface area contributed by atoms with Crippen molar-refractivity contribution in [2.24, 2.45) is 5.92 Å². The lowest BCUT2D eigenvalue weighted by molar-refractivity contribution is -0.143. The highest BCUT2D eigenvalue weighted by atomic mass is 35.5. The van der Waals surface area contributed by atoms with Crippen molar-refractivity contribution in [1.29, 1.82) is 0 Å². The molecular weight excluding hydrogens is 224 g/mol. The molecule has 16 heavy (non-hydrogen) atoms. The van der Waals surface area contributed by atoms with E-state index in [4.69, 9.17) is 16.3 Å². The van der Waals surface area contributed by atoms with Gasteiger partial charge in [-0.15, -0.1) is 11.6 Å². The molecule has 86 valence electrons. The Morgan fingerprint density at radius 3 is 2.69 bits per heavy atom. The van der Waals surface area contributed by atoms with Gasteiger partial charge in [0.05, 0.1) is 11.8 Å². The Kier molecular flexibility index (Phi) is 3.83. The van der Waals surface area contributed by atoms with E-state index in [1.165, 1.54) is 5.56 Å². The van der Waals surface area contributed by atoms with Gasteiger partial charge >= 0.3 is 5.97 Å². The number of hydrogen-bond donors (Lipinski definition) is 0. The lowest BCUT2D eigenvalue weighted by Gasteiger charge is -2.04. The normalized spacial score (nSPS) is 24.4. The van der Waals surface area contributed by atoms with Crippen LogP contribution in [-0.4, -0.2) is 18.0 Å². The van der Waals surface area contributed by atoms with E-state index in [0.29, 0.717) is 5.88 Å². The van der Waals surface area contributed by atoms with Crippen LogP contribution in [0.4, 0.5) is 0 Å². The highest BCUT2D eigenvalue weighted by molar-refractivity contribution is 6.18. The highest BCUT2D eigenvalue weighted by Crippen LogP contribution is 2.26. The van der Waals surface area contributed by atoms with Crippen LogP contribution < -0.4 is 0 Å². The summed E-state index contributed by atoms with van der Waals surface area (Å²) < 4.78 is 5.14. The number of cyclic esters (lactones) is 1. The standard InChI is InChI=1S/C13H15ClO2/c14-9-12-8-11(13(15)16-12)7-6-10-4-2-1-3-5-10/h1-5,11-12H,6-9H2. The third kappa shape index (κ3) is 2.76. The minimum atomic E-state index is -0.0819. The van der Waals surface area contributed by atoms with Gasteiger partial charge in [-0.1, -0.05) is 30.3 Å². The number of aryl methyl sites for hydroxylation is 1. The quantitative estimate of drug-likeness (QED) is 0.596. The van der Waals surface area contributed by atoms with Gasteiger partial charge in [0.25, 0.3) is 0 Å². The van der Waals surface area contributed by atoms with Crippen molar-refractivity contribution in [2.75, 3.05) is 5.88 Å². The second kappa shape index (κ2) is 5.35. The number of carbonyl (C=O) groups is 1. The molecule has 2 rings (SSSR count). The summed E-state index contributed by atoms with van der Waals surface area (Å²) in [5.41, 5.74) is 1.27. The largest absolute Gasteiger partial charge is 0.461 e. The third-order valence-corrected chi connectivity index (χ3v) is 3.30. The number of hydrogen-bond acceptors (Lipinski definition) is 2. The summed E-state index contributed by atoms with van der Waals surface area (Å²) in [6.07, 6.45) is 2.48. The molecule has 2 unspecified atom stereocenters. The maximum absolute atomic E-state index is 11.5. The molecule has 1 aliphatic heterocycles. The maximum atomic E-state index is 11.5. The van der Waals surface area contributed by atoms with Gasteiger partial charge in [-0.2, -0.15) is 0 Å². The number of rotatable bonds is 4. The molecule has 1 saturated heterocycles. The van der Waals surface area contributed by atoms with Crippen LogP contribution in [0, 0.1) is 5.92 Å². The summed E-state index contributed by atoms with van der Waals surface area (Å²) >= 11 is 5.68. The number of carbonyl (C=O) groups excluding carboxylic acids is 1. The number of esters is 1. The average molecular weight is 239 g/mol. The van der Waals surface area contributed by atoms with Crippen LogP contribution in [0.5, 0.6) is 0 Å². The zero-order valence-corrected chi connectivity index (χ0v) is 9.82. The second-order valence-corrected chi connectivity index (χ2v) is 4.48. The number of benzene rings is 1. The van der Waals surface area contributed by atoms with Crippen molar-refractivity contribution < 1.29 is 9.53 Å². The van der Waals surface area contributed by atoms with Crippen molar-refractivity contribution in [1.82, 2.24) is 0 Å². The van der Waals surface area contributed by atoms with E-state index in [2.05, 4.69) is 12.1 Å². The molecule has 0 spiro atoms. The molecule has 1 fully saturated rings. The van der Waals surface area contributed by atoms with Crippen molar-refractivity contribution >= 4 is 17.6 Å². The van der Waals surface area contributed by atoms with Crippen LogP contribution in [0.2, 0.25) is 0 Å². The van der Waals surface area contributed by atoms with Gasteiger partial charge in [-0.05, 0) is 24.8 Å². The maximum Gasteiger partial charge on any atom is 0.309 e. The molecule has 0 radical (unpaired) electrons. The zero-order valence-electron chi connectivity index (χ0n) is 9.06. The zero-order chi connectivity index (χ0) is 11.4. The summed E-state index contributed by atoms with van der Waals surface area (Å²) in [6, 6.07) is 10.2.